The van der Waals surface area contributed by atoms with Crippen molar-refractivity contribution in [2.45, 2.75) is 33.2 Å². The van der Waals surface area contributed by atoms with E-state index in [4.69, 9.17) is 0 Å². The predicted octanol–water partition coefficient (Wildman–Crippen LogP) is 3.76. The zero-order valence-electron chi connectivity index (χ0n) is 18.0. The van der Waals surface area contributed by atoms with Crippen LogP contribution >= 0.6 is 0 Å². The molecule has 0 spiro atoms. The second-order valence-electron chi connectivity index (χ2n) is 8.22. The number of hydrogen-bond donors (Lipinski definition) is 1. The minimum absolute atomic E-state index is 0.0313. The fourth-order valence-electron chi connectivity index (χ4n) is 4.02. The Bertz CT molecular complexity index is 1120. The van der Waals surface area contributed by atoms with Gasteiger partial charge in [-0.25, -0.2) is 4.68 Å². The highest BCUT2D eigenvalue weighted by atomic mass is 16.2. The molecule has 4 rings (SSSR count). The van der Waals surface area contributed by atoms with Crippen molar-refractivity contribution in [2.75, 3.05) is 23.3 Å². The van der Waals surface area contributed by atoms with E-state index in [1.165, 1.54) is 4.68 Å². The van der Waals surface area contributed by atoms with Crippen molar-refractivity contribution in [3.8, 4) is 0 Å². The number of piperidine rings is 1. The van der Waals surface area contributed by atoms with Crippen LogP contribution in [0.5, 0.6) is 0 Å². The Morgan fingerprint density at radius 2 is 1.94 bits per heavy atom. The van der Waals surface area contributed by atoms with Crippen molar-refractivity contribution < 1.29 is 4.79 Å². The van der Waals surface area contributed by atoms with Crippen molar-refractivity contribution in [1.82, 2.24) is 9.78 Å². The Kier molecular flexibility index (Phi) is 6.16. The third-order valence-electron chi connectivity index (χ3n) is 6.05. The summed E-state index contributed by atoms with van der Waals surface area (Å²) in [6.07, 6.45) is 3.47. The quantitative estimate of drug-likeness (QED) is 0.688. The van der Waals surface area contributed by atoms with Gasteiger partial charge in [-0.3, -0.25) is 9.59 Å². The number of benzene rings is 2. The number of rotatable bonds is 5. The topological polar surface area (TPSA) is 67.2 Å². The molecule has 6 nitrogen and oxygen atoms in total. The standard InChI is InChI=1S/C25H28N4O2/c1-18-8-6-12-23(19(18)2)27-25(31)21-11-7-13-28(17-21)22-14-24(30)29(26-15-22)16-20-9-4-3-5-10-20/h3-6,8-10,12,14-15,21H,7,11,13,16-17H2,1-2H3,(H,27,31)/t21-/m1/s1. The normalized spacial score (nSPS) is 16.2. The summed E-state index contributed by atoms with van der Waals surface area (Å²) in [5, 5.41) is 7.46. The predicted molar refractivity (Wildman–Crippen MR) is 124 cm³/mol. The maximum Gasteiger partial charge on any atom is 0.269 e. The summed E-state index contributed by atoms with van der Waals surface area (Å²) in [4.78, 5) is 27.6. The van der Waals surface area contributed by atoms with Crippen LogP contribution in [0.1, 0.15) is 29.5 Å². The Morgan fingerprint density at radius 1 is 1.13 bits per heavy atom. The lowest BCUT2D eigenvalue weighted by Gasteiger charge is -2.33. The van der Waals surface area contributed by atoms with Gasteiger partial charge >= 0.3 is 0 Å². The number of carbonyl (C=O) groups excluding carboxylic acids is 1. The highest BCUT2D eigenvalue weighted by Crippen LogP contribution is 2.24. The molecule has 31 heavy (non-hydrogen) atoms. The molecule has 0 radical (unpaired) electrons. The fraction of sp³-hybridized carbons (Fsp3) is 0.320. The molecule has 1 fully saturated rings. The zero-order valence-corrected chi connectivity index (χ0v) is 18.0. The Hall–Kier alpha value is -3.41. The molecule has 2 heterocycles. The molecule has 1 aliphatic rings. The molecule has 1 aromatic heterocycles. The molecule has 1 saturated heterocycles. The first-order valence-corrected chi connectivity index (χ1v) is 10.7. The lowest BCUT2D eigenvalue weighted by atomic mass is 9.96. The number of nitrogens with zero attached hydrogens (tertiary/aromatic N) is 3. The summed E-state index contributed by atoms with van der Waals surface area (Å²) >= 11 is 0. The van der Waals surface area contributed by atoms with Crippen molar-refractivity contribution in [1.29, 1.82) is 0 Å². The van der Waals surface area contributed by atoms with Crippen LogP contribution in [0.3, 0.4) is 0 Å². The molecule has 160 valence electrons. The molecule has 0 aliphatic carbocycles. The molecule has 1 aliphatic heterocycles. The molecule has 0 bridgehead atoms. The number of aryl methyl sites for hydroxylation is 1. The van der Waals surface area contributed by atoms with Crippen molar-refractivity contribution in [3.63, 3.8) is 0 Å². The maximum atomic E-state index is 12.9. The van der Waals surface area contributed by atoms with E-state index < -0.39 is 0 Å². The fourth-order valence-corrected chi connectivity index (χ4v) is 4.02. The van der Waals surface area contributed by atoms with Gasteiger partial charge in [0.05, 0.1) is 24.3 Å². The molecule has 1 atom stereocenters. The number of hydrogen-bond acceptors (Lipinski definition) is 4. The average molecular weight is 417 g/mol. The Labute approximate surface area is 182 Å². The summed E-state index contributed by atoms with van der Waals surface area (Å²) < 4.78 is 1.47. The first-order chi connectivity index (χ1) is 15.0. The summed E-state index contributed by atoms with van der Waals surface area (Å²) in [5.41, 5.74) is 4.79. The van der Waals surface area contributed by atoms with Crippen LogP contribution < -0.4 is 15.8 Å². The van der Waals surface area contributed by atoms with Gasteiger partial charge in [-0.15, -0.1) is 0 Å². The highest BCUT2D eigenvalue weighted by molar-refractivity contribution is 5.93. The molecule has 6 heteroatoms. The molecule has 1 amide bonds. The van der Waals surface area contributed by atoms with Crippen LogP contribution in [-0.2, 0) is 11.3 Å². The first kappa shape index (κ1) is 20.8. The monoisotopic (exact) mass is 416 g/mol. The van der Waals surface area contributed by atoms with E-state index in [2.05, 4.69) is 15.3 Å². The molecule has 0 unspecified atom stereocenters. The van der Waals surface area contributed by atoms with Gasteiger partial charge in [0.2, 0.25) is 5.91 Å². The lowest BCUT2D eigenvalue weighted by Crippen LogP contribution is -2.41. The van der Waals surface area contributed by atoms with E-state index >= 15 is 0 Å². The number of anilines is 2. The number of carbonyl (C=O) groups is 1. The van der Waals surface area contributed by atoms with Crippen LogP contribution in [0.25, 0.3) is 0 Å². The van der Waals surface area contributed by atoms with Crippen molar-refractivity contribution >= 4 is 17.3 Å². The second-order valence-corrected chi connectivity index (χ2v) is 8.22. The minimum Gasteiger partial charge on any atom is -0.369 e. The molecular weight excluding hydrogens is 388 g/mol. The van der Waals surface area contributed by atoms with Gasteiger partial charge in [-0.05, 0) is 49.4 Å². The molecule has 3 aromatic rings. The van der Waals surface area contributed by atoms with Crippen molar-refractivity contribution in [2.24, 2.45) is 5.92 Å². The number of aromatic nitrogens is 2. The third kappa shape index (κ3) is 4.85. The second kappa shape index (κ2) is 9.16. The maximum absolute atomic E-state index is 12.9. The van der Waals surface area contributed by atoms with Crippen molar-refractivity contribution in [3.05, 3.63) is 87.8 Å². The largest absolute Gasteiger partial charge is 0.369 e. The van der Waals surface area contributed by atoms with Gasteiger partial charge in [0, 0.05) is 24.8 Å². The Balaban J connectivity index is 1.44. The van der Waals surface area contributed by atoms with Gasteiger partial charge in [0.15, 0.2) is 0 Å². The van der Waals surface area contributed by atoms with Crippen LogP contribution in [0.2, 0.25) is 0 Å². The number of amides is 1. The van der Waals surface area contributed by atoms with Gasteiger partial charge in [-0.2, -0.15) is 5.10 Å². The molecule has 2 aromatic carbocycles. The Morgan fingerprint density at radius 3 is 2.71 bits per heavy atom. The smallest absolute Gasteiger partial charge is 0.269 e. The van der Waals surface area contributed by atoms with Crippen LogP contribution in [0.15, 0.2) is 65.6 Å². The van der Waals surface area contributed by atoms with Gasteiger partial charge in [0.25, 0.3) is 5.56 Å². The first-order valence-electron chi connectivity index (χ1n) is 10.7. The van der Waals surface area contributed by atoms with Crippen LogP contribution in [-0.4, -0.2) is 28.8 Å². The van der Waals surface area contributed by atoms with E-state index in [9.17, 15) is 9.59 Å². The molecule has 0 saturated carbocycles. The summed E-state index contributed by atoms with van der Waals surface area (Å²) in [5.74, 6) is -0.0933. The van der Waals surface area contributed by atoms with Gasteiger partial charge in [0.1, 0.15) is 0 Å². The molecule has 1 N–H and O–H groups in total. The van der Waals surface area contributed by atoms with E-state index in [1.54, 1.807) is 12.3 Å². The van der Waals surface area contributed by atoms with Crippen LogP contribution in [0, 0.1) is 19.8 Å². The van der Waals surface area contributed by atoms with E-state index in [-0.39, 0.29) is 17.4 Å². The lowest BCUT2D eigenvalue weighted by molar-refractivity contribution is -0.120. The van der Waals surface area contributed by atoms with Crippen LogP contribution in [0.4, 0.5) is 11.4 Å². The molecular formula is C25H28N4O2. The summed E-state index contributed by atoms with van der Waals surface area (Å²) in [6.45, 7) is 5.91. The highest BCUT2D eigenvalue weighted by Gasteiger charge is 2.27. The van der Waals surface area contributed by atoms with Gasteiger partial charge < -0.3 is 10.2 Å². The SMILES string of the molecule is Cc1cccc(NC(=O)[C@@H]2CCCN(c3cnn(Cc4ccccc4)c(=O)c3)C2)c1C. The zero-order chi connectivity index (χ0) is 21.8. The average Bonchev–Trinajstić information content (AvgIpc) is 2.79. The van der Waals surface area contributed by atoms with E-state index in [0.29, 0.717) is 13.1 Å². The van der Waals surface area contributed by atoms with Gasteiger partial charge in [-0.1, -0.05) is 42.5 Å². The van der Waals surface area contributed by atoms with E-state index in [0.717, 1.165) is 47.5 Å². The van der Waals surface area contributed by atoms with E-state index in [1.807, 2.05) is 62.4 Å². The third-order valence-corrected chi connectivity index (χ3v) is 6.05. The minimum atomic E-state index is -0.136. The number of nitrogens with one attached hydrogen (secondary N) is 1. The summed E-state index contributed by atoms with van der Waals surface area (Å²) in [6, 6.07) is 17.4. The summed E-state index contributed by atoms with van der Waals surface area (Å²) in [7, 11) is 0.